The maximum Gasteiger partial charge on any atom is 0.292 e. The lowest BCUT2D eigenvalue weighted by Gasteiger charge is -2.03. The first-order valence-electron chi connectivity index (χ1n) is 6.56. The monoisotopic (exact) mass is 441 g/mol. The lowest BCUT2D eigenvalue weighted by molar-refractivity contribution is 0.0995. The van der Waals surface area contributed by atoms with Crippen molar-refractivity contribution in [3.8, 4) is 0 Å². The van der Waals surface area contributed by atoms with Gasteiger partial charge in [0.25, 0.3) is 5.91 Å². The molecule has 1 amide bonds. The molecule has 0 aliphatic rings. The SMILES string of the molecule is O=C(Nc1nn(Cc2ccccc2F)cc1Br)c1ccc(Br)o1. The molecule has 0 aliphatic carbocycles. The Morgan fingerprint density at radius 2 is 2.04 bits per heavy atom. The Labute approximate surface area is 147 Å². The quantitative estimate of drug-likeness (QED) is 0.649. The number of hydrogen-bond donors (Lipinski definition) is 1. The van der Waals surface area contributed by atoms with E-state index in [1.54, 1.807) is 36.5 Å². The molecule has 2 heterocycles. The smallest absolute Gasteiger partial charge is 0.292 e. The number of amides is 1. The third-order valence-electron chi connectivity index (χ3n) is 3.04. The summed E-state index contributed by atoms with van der Waals surface area (Å²) >= 11 is 6.46. The fraction of sp³-hybridized carbons (Fsp3) is 0.0667. The van der Waals surface area contributed by atoms with E-state index >= 15 is 0 Å². The number of aromatic nitrogens is 2. The predicted octanol–water partition coefficient (Wildman–Crippen LogP) is 4.44. The van der Waals surface area contributed by atoms with E-state index in [0.717, 1.165) is 0 Å². The maximum atomic E-state index is 13.7. The van der Waals surface area contributed by atoms with Crippen LogP contribution >= 0.6 is 31.9 Å². The van der Waals surface area contributed by atoms with Crippen LogP contribution < -0.4 is 5.32 Å². The van der Waals surface area contributed by atoms with E-state index < -0.39 is 5.91 Å². The van der Waals surface area contributed by atoms with Crippen molar-refractivity contribution >= 4 is 43.6 Å². The Balaban J connectivity index is 1.76. The van der Waals surface area contributed by atoms with Crippen molar-refractivity contribution in [3.05, 3.63) is 68.9 Å². The average molecular weight is 443 g/mol. The number of furan rings is 1. The Kier molecular flexibility index (Phi) is 4.63. The van der Waals surface area contributed by atoms with E-state index in [-0.39, 0.29) is 18.1 Å². The van der Waals surface area contributed by atoms with Gasteiger partial charge in [0.2, 0.25) is 0 Å². The van der Waals surface area contributed by atoms with Gasteiger partial charge in [-0.05, 0) is 50.1 Å². The summed E-state index contributed by atoms with van der Waals surface area (Å²) in [7, 11) is 0. The molecular weight excluding hydrogens is 433 g/mol. The molecule has 0 saturated carbocycles. The summed E-state index contributed by atoms with van der Waals surface area (Å²) in [6.45, 7) is 0.257. The van der Waals surface area contributed by atoms with Gasteiger partial charge in [0.1, 0.15) is 5.82 Å². The van der Waals surface area contributed by atoms with Crippen LogP contribution in [-0.2, 0) is 6.54 Å². The largest absolute Gasteiger partial charge is 0.444 e. The first kappa shape index (κ1) is 15.9. The van der Waals surface area contributed by atoms with Gasteiger partial charge < -0.3 is 9.73 Å². The molecule has 3 aromatic rings. The first-order valence-corrected chi connectivity index (χ1v) is 8.14. The molecule has 0 radical (unpaired) electrons. The number of nitrogens with one attached hydrogen (secondary N) is 1. The van der Waals surface area contributed by atoms with Gasteiger partial charge in [-0.1, -0.05) is 18.2 Å². The maximum absolute atomic E-state index is 13.7. The number of rotatable bonds is 4. The van der Waals surface area contributed by atoms with Gasteiger partial charge in [-0.25, -0.2) is 4.39 Å². The minimum atomic E-state index is -0.424. The molecule has 0 saturated heterocycles. The molecule has 8 heteroatoms. The number of carbonyl (C=O) groups is 1. The topological polar surface area (TPSA) is 60.1 Å². The summed E-state index contributed by atoms with van der Waals surface area (Å²) in [4.78, 5) is 12.0. The normalized spacial score (nSPS) is 10.7. The van der Waals surface area contributed by atoms with Gasteiger partial charge in [0, 0.05) is 11.8 Å². The average Bonchev–Trinajstić information content (AvgIpc) is 3.08. The summed E-state index contributed by atoms with van der Waals surface area (Å²) in [6.07, 6.45) is 1.67. The minimum Gasteiger partial charge on any atom is -0.444 e. The third kappa shape index (κ3) is 3.70. The van der Waals surface area contributed by atoms with Crippen LogP contribution in [0, 0.1) is 5.82 Å². The lowest BCUT2D eigenvalue weighted by atomic mass is 10.2. The van der Waals surface area contributed by atoms with E-state index in [9.17, 15) is 9.18 Å². The molecule has 0 atom stereocenters. The number of benzene rings is 1. The van der Waals surface area contributed by atoms with Gasteiger partial charge in [-0.15, -0.1) is 0 Å². The van der Waals surface area contributed by atoms with Crippen molar-refractivity contribution < 1.29 is 13.6 Å². The molecule has 0 aliphatic heterocycles. The van der Waals surface area contributed by atoms with Crippen LogP contribution in [0.3, 0.4) is 0 Å². The van der Waals surface area contributed by atoms with Crippen molar-refractivity contribution in [2.24, 2.45) is 0 Å². The van der Waals surface area contributed by atoms with Crippen molar-refractivity contribution in [3.63, 3.8) is 0 Å². The molecule has 5 nitrogen and oxygen atoms in total. The highest BCUT2D eigenvalue weighted by Crippen LogP contribution is 2.22. The van der Waals surface area contributed by atoms with Crippen LogP contribution in [0.25, 0.3) is 0 Å². The summed E-state index contributed by atoms with van der Waals surface area (Å²) in [5.74, 6) is -0.232. The number of halogens is 3. The van der Waals surface area contributed by atoms with Gasteiger partial charge in [-0.2, -0.15) is 5.10 Å². The van der Waals surface area contributed by atoms with Crippen LogP contribution in [0.4, 0.5) is 10.2 Å². The van der Waals surface area contributed by atoms with Crippen molar-refractivity contribution in [2.75, 3.05) is 5.32 Å². The molecule has 23 heavy (non-hydrogen) atoms. The first-order chi connectivity index (χ1) is 11.0. The number of hydrogen-bond acceptors (Lipinski definition) is 3. The van der Waals surface area contributed by atoms with E-state index in [1.807, 2.05) is 0 Å². The molecule has 0 bridgehead atoms. The molecule has 0 spiro atoms. The van der Waals surface area contributed by atoms with E-state index in [2.05, 4.69) is 42.3 Å². The standard InChI is InChI=1S/C15H10Br2FN3O2/c16-10-8-21(7-9-3-1-2-4-11(9)18)20-14(10)19-15(22)12-5-6-13(17)23-12/h1-6,8H,7H2,(H,19,20,22). The summed E-state index contributed by atoms with van der Waals surface area (Å²) < 4.78 is 21.5. The lowest BCUT2D eigenvalue weighted by Crippen LogP contribution is -2.12. The molecule has 1 aromatic carbocycles. The van der Waals surface area contributed by atoms with Crippen LogP contribution in [0.15, 0.2) is 56.2 Å². The van der Waals surface area contributed by atoms with E-state index in [1.165, 1.54) is 10.7 Å². The second-order valence-electron chi connectivity index (χ2n) is 4.67. The second kappa shape index (κ2) is 6.67. The Hall–Kier alpha value is -1.93. The van der Waals surface area contributed by atoms with E-state index in [4.69, 9.17) is 4.42 Å². The van der Waals surface area contributed by atoms with Gasteiger partial charge >= 0.3 is 0 Å². The van der Waals surface area contributed by atoms with Crippen LogP contribution in [0.1, 0.15) is 16.1 Å². The Morgan fingerprint density at radius 3 is 2.74 bits per heavy atom. The highest BCUT2D eigenvalue weighted by atomic mass is 79.9. The molecule has 0 unspecified atom stereocenters. The molecule has 3 rings (SSSR count). The van der Waals surface area contributed by atoms with Crippen LogP contribution in [0.5, 0.6) is 0 Å². The van der Waals surface area contributed by atoms with Gasteiger partial charge in [0.15, 0.2) is 16.2 Å². The van der Waals surface area contributed by atoms with Gasteiger partial charge in [-0.3, -0.25) is 9.48 Å². The highest BCUT2D eigenvalue weighted by Gasteiger charge is 2.15. The molecule has 0 fully saturated rings. The summed E-state index contributed by atoms with van der Waals surface area (Å²) in [5.41, 5.74) is 0.510. The van der Waals surface area contributed by atoms with Crippen molar-refractivity contribution in [1.82, 2.24) is 9.78 Å². The summed E-state index contributed by atoms with van der Waals surface area (Å²) in [6, 6.07) is 9.64. The molecule has 1 N–H and O–H groups in total. The number of nitrogens with zero attached hydrogens (tertiary/aromatic N) is 2. The third-order valence-corrected chi connectivity index (χ3v) is 4.04. The number of carbonyl (C=O) groups excluding carboxylic acids is 1. The van der Waals surface area contributed by atoms with Gasteiger partial charge in [0.05, 0.1) is 11.0 Å². The molecule has 2 aromatic heterocycles. The Bertz CT molecular complexity index is 860. The Morgan fingerprint density at radius 1 is 1.26 bits per heavy atom. The van der Waals surface area contributed by atoms with Crippen LogP contribution in [-0.4, -0.2) is 15.7 Å². The van der Waals surface area contributed by atoms with E-state index in [0.29, 0.717) is 20.5 Å². The van der Waals surface area contributed by atoms with Crippen molar-refractivity contribution in [2.45, 2.75) is 6.54 Å². The highest BCUT2D eigenvalue weighted by molar-refractivity contribution is 9.10. The zero-order chi connectivity index (χ0) is 16.4. The van der Waals surface area contributed by atoms with Crippen LogP contribution in [0.2, 0.25) is 0 Å². The fourth-order valence-corrected chi connectivity index (χ4v) is 2.69. The second-order valence-corrected chi connectivity index (χ2v) is 6.31. The fourth-order valence-electron chi connectivity index (χ4n) is 1.97. The molecule has 118 valence electrons. The van der Waals surface area contributed by atoms with Crippen molar-refractivity contribution in [1.29, 1.82) is 0 Å². The zero-order valence-electron chi connectivity index (χ0n) is 11.6. The summed E-state index contributed by atoms with van der Waals surface area (Å²) in [5, 5.41) is 6.87. The zero-order valence-corrected chi connectivity index (χ0v) is 14.8. The molecular formula is C15H10Br2FN3O2. The predicted molar refractivity (Wildman–Crippen MR) is 89.8 cm³/mol. The number of anilines is 1. The minimum absolute atomic E-state index is 0.160.